The summed E-state index contributed by atoms with van der Waals surface area (Å²) in [5.41, 5.74) is 1.55. The molecule has 0 saturated heterocycles. The van der Waals surface area contributed by atoms with Crippen molar-refractivity contribution in [3.63, 3.8) is 0 Å². The molecule has 2 rings (SSSR count). The van der Waals surface area contributed by atoms with Crippen LogP contribution in [0.15, 0.2) is 6.20 Å². The van der Waals surface area contributed by atoms with Gasteiger partial charge in [0.25, 0.3) is 0 Å². The first-order valence-corrected chi connectivity index (χ1v) is 6.29. The highest BCUT2D eigenvalue weighted by molar-refractivity contribution is 5.16. The monoisotopic (exact) mass is 236 g/mol. The SMILES string of the molecule is Cc1nc(OC2CCC(C)CC2)ncc1CO. The maximum Gasteiger partial charge on any atom is 0.316 e. The molecule has 94 valence electrons. The molecular weight excluding hydrogens is 216 g/mol. The summed E-state index contributed by atoms with van der Waals surface area (Å²) in [6.07, 6.45) is 6.52. The average Bonchev–Trinajstić information content (AvgIpc) is 2.32. The van der Waals surface area contributed by atoms with Gasteiger partial charge in [-0.2, -0.15) is 0 Å². The van der Waals surface area contributed by atoms with Crippen LogP contribution in [0.1, 0.15) is 43.9 Å². The Morgan fingerprint density at radius 2 is 2.06 bits per heavy atom. The molecule has 0 aromatic carbocycles. The molecule has 1 saturated carbocycles. The molecule has 4 heteroatoms. The summed E-state index contributed by atoms with van der Waals surface area (Å²) in [7, 11) is 0. The van der Waals surface area contributed by atoms with Gasteiger partial charge in [-0.3, -0.25) is 0 Å². The van der Waals surface area contributed by atoms with Crippen LogP contribution in [0.25, 0.3) is 0 Å². The summed E-state index contributed by atoms with van der Waals surface area (Å²) in [5, 5.41) is 9.04. The summed E-state index contributed by atoms with van der Waals surface area (Å²) in [6, 6.07) is 0.444. The number of hydrogen-bond donors (Lipinski definition) is 1. The number of aryl methyl sites for hydroxylation is 1. The van der Waals surface area contributed by atoms with Crippen molar-refractivity contribution in [2.24, 2.45) is 5.92 Å². The minimum Gasteiger partial charge on any atom is -0.460 e. The molecule has 4 nitrogen and oxygen atoms in total. The Morgan fingerprint density at radius 3 is 2.65 bits per heavy atom. The molecule has 0 amide bonds. The molecule has 0 aliphatic heterocycles. The first kappa shape index (κ1) is 12.3. The van der Waals surface area contributed by atoms with E-state index in [0.717, 1.165) is 30.0 Å². The van der Waals surface area contributed by atoms with Gasteiger partial charge in [-0.25, -0.2) is 9.97 Å². The molecule has 0 unspecified atom stereocenters. The van der Waals surface area contributed by atoms with Gasteiger partial charge in [-0.1, -0.05) is 6.92 Å². The van der Waals surface area contributed by atoms with E-state index in [2.05, 4.69) is 16.9 Å². The van der Waals surface area contributed by atoms with Gasteiger partial charge in [-0.15, -0.1) is 0 Å². The summed E-state index contributed by atoms with van der Waals surface area (Å²) < 4.78 is 5.78. The fraction of sp³-hybridized carbons (Fsp3) is 0.692. The number of rotatable bonds is 3. The Morgan fingerprint density at radius 1 is 1.35 bits per heavy atom. The van der Waals surface area contributed by atoms with E-state index in [1.54, 1.807) is 6.20 Å². The van der Waals surface area contributed by atoms with Gasteiger partial charge >= 0.3 is 6.01 Å². The molecule has 1 N–H and O–H groups in total. The van der Waals surface area contributed by atoms with Crippen LogP contribution in [0.2, 0.25) is 0 Å². The van der Waals surface area contributed by atoms with Gasteiger partial charge < -0.3 is 9.84 Å². The number of aliphatic hydroxyl groups excluding tert-OH is 1. The Hall–Kier alpha value is -1.16. The van der Waals surface area contributed by atoms with Gasteiger partial charge in [0.1, 0.15) is 6.10 Å². The third kappa shape index (κ3) is 3.16. The molecule has 1 aromatic rings. The molecule has 1 aliphatic rings. The number of aromatic nitrogens is 2. The molecule has 1 aromatic heterocycles. The van der Waals surface area contributed by atoms with Gasteiger partial charge in [0.2, 0.25) is 0 Å². The summed E-state index contributed by atoms with van der Waals surface area (Å²) in [4.78, 5) is 8.39. The molecule has 17 heavy (non-hydrogen) atoms. The third-order valence-electron chi connectivity index (χ3n) is 3.46. The van der Waals surface area contributed by atoms with E-state index in [1.807, 2.05) is 6.92 Å². The minimum absolute atomic E-state index is 0.0208. The number of hydrogen-bond acceptors (Lipinski definition) is 4. The fourth-order valence-corrected chi connectivity index (χ4v) is 2.18. The average molecular weight is 236 g/mol. The minimum atomic E-state index is -0.0208. The van der Waals surface area contributed by atoms with Crippen LogP contribution in [-0.4, -0.2) is 21.2 Å². The van der Waals surface area contributed by atoms with Crippen LogP contribution < -0.4 is 4.74 Å². The van der Waals surface area contributed by atoms with Crippen LogP contribution in [0.5, 0.6) is 6.01 Å². The lowest BCUT2D eigenvalue weighted by molar-refractivity contribution is 0.123. The number of nitrogens with zero attached hydrogens (tertiary/aromatic N) is 2. The Kier molecular flexibility index (Phi) is 3.94. The Balaban J connectivity index is 1.97. The van der Waals surface area contributed by atoms with E-state index < -0.39 is 0 Å². The quantitative estimate of drug-likeness (QED) is 0.874. The van der Waals surface area contributed by atoms with Crippen molar-refractivity contribution >= 4 is 0 Å². The van der Waals surface area contributed by atoms with E-state index in [0.29, 0.717) is 6.01 Å². The van der Waals surface area contributed by atoms with E-state index in [-0.39, 0.29) is 12.7 Å². The van der Waals surface area contributed by atoms with E-state index in [9.17, 15) is 0 Å². The fourth-order valence-electron chi connectivity index (χ4n) is 2.18. The second kappa shape index (κ2) is 5.45. The van der Waals surface area contributed by atoms with Crippen LogP contribution in [0, 0.1) is 12.8 Å². The van der Waals surface area contributed by atoms with Crippen LogP contribution in [-0.2, 0) is 6.61 Å². The molecule has 0 spiro atoms. The molecule has 0 atom stereocenters. The van der Waals surface area contributed by atoms with Gasteiger partial charge in [0, 0.05) is 11.8 Å². The summed E-state index contributed by atoms with van der Waals surface area (Å²) >= 11 is 0. The first-order valence-electron chi connectivity index (χ1n) is 6.29. The van der Waals surface area contributed by atoms with Crippen molar-refractivity contribution in [2.45, 2.75) is 52.2 Å². The molecule has 0 bridgehead atoms. The van der Waals surface area contributed by atoms with Crippen molar-refractivity contribution in [3.05, 3.63) is 17.5 Å². The molecule has 0 radical (unpaired) electrons. The van der Waals surface area contributed by atoms with E-state index in [4.69, 9.17) is 9.84 Å². The number of ether oxygens (including phenoxy) is 1. The highest BCUT2D eigenvalue weighted by Crippen LogP contribution is 2.26. The third-order valence-corrected chi connectivity index (χ3v) is 3.46. The van der Waals surface area contributed by atoms with Crippen molar-refractivity contribution in [3.8, 4) is 6.01 Å². The van der Waals surface area contributed by atoms with Crippen LogP contribution >= 0.6 is 0 Å². The first-order chi connectivity index (χ1) is 8.19. The largest absolute Gasteiger partial charge is 0.460 e. The lowest BCUT2D eigenvalue weighted by atomic mass is 9.89. The van der Waals surface area contributed by atoms with Gasteiger partial charge in [0.05, 0.1) is 12.3 Å². The molecule has 1 heterocycles. The maximum absolute atomic E-state index is 9.04. The zero-order valence-corrected chi connectivity index (χ0v) is 10.5. The van der Waals surface area contributed by atoms with E-state index >= 15 is 0 Å². The Bertz CT molecular complexity index is 374. The van der Waals surface area contributed by atoms with Crippen molar-refractivity contribution < 1.29 is 9.84 Å². The van der Waals surface area contributed by atoms with Gasteiger partial charge in [-0.05, 0) is 38.5 Å². The van der Waals surface area contributed by atoms with Crippen LogP contribution in [0.4, 0.5) is 0 Å². The highest BCUT2D eigenvalue weighted by Gasteiger charge is 2.20. The van der Waals surface area contributed by atoms with Crippen molar-refractivity contribution in [2.75, 3.05) is 0 Å². The maximum atomic E-state index is 9.04. The molecular formula is C13H20N2O2. The van der Waals surface area contributed by atoms with Crippen molar-refractivity contribution in [1.29, 1.82) is 0 Å². The second-order valence-electron chi connectivity index (χ2n) is 4.92. The van der Waals surface area contributed by atoms with Crippen LogP contribution in [0.3, 0.4) is 0 Å². The summed E-state index contributed by atoms with van der Waals surface area (Å²) in [6.45, 7) is 4.13. The predicted molar refractivity (Wildman–Crippen MR) is 64.7 cm³/mol. The second-order valence-corrected chi connectivity index (χ2v) is 4.92. The molecule has 1 fully saturated rings. The summed E-state index contributed by atoms with van der Waals surface area (Å²) in [5.74, 6) is 0.814. The Labute approximate surface area is 102 Å². The van der Waals surface area contributed by atoms with Gasteiger partial charge in [0.15, 0.2) is 0 Å². The lowest BCUT2D eigenvalue weighted by Gasteiger charge is -2.26. The topological polar surface area (TPSA) is 55.2 Å². The molecule has 1 aliphatic carbocycles. The highest BCUT2D eigenvalue weighted by atomic mass is 16.5. The zero-order chi connectivity index (χ0) is 12.3. The standard InChI is InChI=1S/C13H20N2O2/c1-9-3-5-12(6-4-9)17-13-14-7-11(8-16)10(2)15-13/h7,9,12,16H,3-6,8H2,1-2H3. The smallest absolute Gasteiger partial charge is 0.316 e. The lowest BCUT2D eigenvalue weighted by Crippen LogP contribution is -2.24. The van der Waals surface area contributed by atoms with E-state index in [1.165, 1.54) is 12.8 Å². The number of aliphatic hydroxyl groups is 1. The van der Waals surface area contributed by atoms with Crippen molar-refractivity contribution in [1.82, 2.24) is 9.97 Å². The zero-order valence-electron chi connectivity index (χ0n) is 10.5. The predicted octanol–water partition coefficient (Wildman–Crippen LogP) is 2.23. The normalized spacial score (nSPS) is 24.6.